The van der Waals surface area contributed by atoms with E-state index < -0.39 is 6.03 Å². The van der Waals surface area contributed by atoms with Crippen LogP contribution < -0.4 is 20.7 Å². The van der Waals surface area contributed by atoms with Crippen molar-refractivity contribution in [1.82, 2.24) is 15.6 Å². The number of ether oxygens (including phenoxy) is 1. The summed E-state index contributed by atoms with van der Waals surface area (Å²) in [6.07, 6.45) is 1.65. The molecule has 0 saturated heterocycles. The number of carbonyl (C=O) groups excluding carboxylic acids is 2. The van der Waals surface area contributed by atoms with Gasteiger partial charge in [-0.25, -0.2) is 9.78 Å². The molecular weight excluding hydrogens is 392 g/mol. The van der Waals surface area contributed by atoms with E-state index in [1.54, 1.807) is 18.3 Å². The summed E-state index contributed by atoms with van der Waals surface area (Å²) < 4.78 is 5.84. The van der Waals surface area contributed by atoms with Crippen LogP contribution in [0.2, 0.25) is 0 Å². The molecule has 7 heteroatoms. The van der Waals surface area contributed by atoms with Gasteiger partial charge in [-0.2, -0.15) is 0 Å². The molecule has 0 aliphatic heterocycles. The summed E-state index contributed by atoms with van der Waals surface area (Å²) in [7, 11) is 0. The first-order chi connectivity index (χ1) is 14.9. The van der Waals surface area contributed by atoms with Crippen LogP contribution in [0.25, 0.3) is 0 Å². The molecule has 0 saturated carbocycles. The molecule has 7 nitrogen and oxygen atoms in total. The molecule has 0 atom stereocenters. The third kappa shape index (κ3) is 6.85. The molecule has 3 N–H and O–H groups in total. The first-order valence-electron chi connectivity index (χ1n) is 9.97. The molecule has 3 aromatic rings. The van der Waals surface area contributed by atoms with Gasteiger partial charge in [-0.15, -0.1) is 0 Å². The van der Waals surface area contributed by atoms with E-state index in [-0.39, 0.29) is 12.5 Å². The van der Waals surface area contributed by atoms with Crippen molar-refractivity contribution in [1.29, 1.82) is 0 Å². The average Bonchev–Trinajstić information content (AvgIpc) is 2.74. The Kier molecular flexibility index (Phi) is 7.22. The van der Waals surface area contributed by atoms with E-state index >= 15 is 0 Å². The molecule has 31 heavy (non-hydrogen) atoms. The summed E-state index contributed by atoms with van der Waals surface area (Å²) in [6, 6.07) is 16.6. The predicted molar refractivity (Wildman–Crippen MR) is 120 cm³/mol. The van der Waals surface area contributed by atoms with E-state index in [1.807, 2.05) is 63.2 Å². The van der Waals surface area contributed by atoms with Crippen molar-refractivity contribution in [3.63, 3.8) is 0 Å². The first-order valence-corrected chi connectivity index (χ1v) is 9.97. The zero-order chi connectivity index (χ0) is 22.2. The molecule has 0 aliphatic carbocycles. The Morgan fingerprint density at radius 2 is 1.74 bits per heavy atom. The van der Waals surface area contributed by atoms with Gasteiger partial charge in [-0.3, -0.25) is 4.79 Å². The maximum Gasteiger partial charge on any atom is 0.319 e. The number of carbonyl (C=O) groups is 2. The largest absolute Gasteiger partial charge is 0.439 e. The van der Waals surface area contributed by atoms with Crippen molar-refractivity contribution in [3.8, 4) is 11.6 Å². The molecule has 0 unspecified atom stereocenters. The van der Waals surface area contributed by atoms with Crippen LogP contribution in [-0.4, -0.2) is 23.5 Å². The molecule has 3 amide bonds. The Labute approximate surface area is 181 Å². The number of nitrogens with zero attached hydrogens (tertiary/aromatic N) is 1. The van der Waals surface area contributed by atoms with Crippen LogP contribution in [-0.2, 0) is 11.3 Å². The summed E-state index contributed by atoms with van der Waals surface area (Å²) in [4.78, 5) is 28.2. The van der Waals surface area contributed by atoms with E-state index in [0.29, 0.717) is 18.1 Å². The van der Waals surface area contributed by atoms with Gasteiger partial charge < -0.3 is 20.7 Å². The Bertz CT molecular complexity index is 1060. The number of benzene rings is 2. The molecule has 2 aromatic carbocycles. The maximum atomic E-state index is 12.0. The summed E-state index contributed by atoms with van der Waals surface area (Å²) in [5.74, 6) is 0.955. The van der Waals surface area contributed by atoms with Crippen molar-refractivity contribution >= 4 is 17.6 Å². The molecule has 0 radical (unpaired) electrons. The quantitative estimate of drug-likeness (QED) is 0.535. The zero-order valence-corrected chi connectivity index (χ0v) is 17.9. The van der Waals surface area contributed by atoms with Crippen LogP contribution in [0.4, 0.5) is 10.5 Å². The lowest BCUT2D eigenvalue weighted by molar-refractivity contribution is -0.120. The lowest BCUT2D eigenvalue weighted by atomic mass is 10.1. The number of hydrogen-bond acceptors (Lipinski definition) is 4. The number of amides is 3. The van der Waals surface area contributed by atoms with Crippen molar-refractivity contribution in [3.05, 3.63) is 83.0 Å². The average molecular weight is 418 g/mol. The van der Waals surface area contributed by atoms with Gasteiger partial charge in [-0.1, -0.05) is 30.3 Å². The fraction of sp³-hybridized carbons (Fsp3) is 0.208. The van der Waals surface area contributed by atoms with Crippen LogP contribution >= 0.6 is 0 Å². The van der Waals surface area contributed by atoms with Gasteiger partial charge in [0.25, 0.3) is 0 Å². The Hall–Kier alpha value is -3.87. The Balaban J connectivity index is 1.42. The second-order valence-corrected chi connectivity index (χ2v) is 7.33. The molecule has 0 aliphatic rings. The highest BCUT2D eigenvalue weighted by molar-refractivity contribution is 5.92. The van der Waals surface area contributed by atoms with Gasteiger partial charge in [0, 0.05) is 24.5 Å². The van der Waals surface area contributed by atoms with Crippen LogP contribution in [0.3, 0.4) is 0 Å². The van der Waals surface area contributed by atoms with Crippen molar-refractivity contribution in [2.45, 2.75) is 27.3 Å². The van der Waals surface area contributed by atoms with Crippen molar-refractivity contribution in [2.75, 3.05) is 11.9 Å². The third-order valence-corrected chi connectivity index (χ3v) is 4.53. The number of nitrogens with one attached hydrogen (secondary N) is 3. The highest BCUT2D eigenvalue weighted by atomic mass is 16.5. The number of pyridine rings is 1. The minimum Gasteiger partial charge on any atom is -0.439 e. The fourth-order valence-electron chi connectivity index (χ4n) is 2.83. The molecule has 0 fully saturated rings. The molecule has 1 heterocycles. The van der Waals surface area contributed by atoms with Crippen molar-refractivity contribution in [2.24, 2.45) is 0 Å². The number of anilines is 1. The van der Waals surface area contributed by atoms with Gasteiger partial charge in [0.2, 0.25) is 11.8 Å². The summed E-state index contributed by atoms with van der Waals surface area (Å²) in [6.45, 7) is 6.10. The zero-order valence-electron chi connectivity index (χ0n) is 17.9. The summed E-state index contributed by atoms with van der Waals surface area (Å²) in [5.41, 5.74) is 4.68. The monoisotopic (exact) mass is 418 g/mol. The number of urea groups is 1. The van der Waals surface area contributed by atoms with Gasteiger partial charge in [0.1, 0.15) is 5.75 Å². The Morgan fingerprint density at radius 3 is 2.48 bits per heavy atom. The van der Waals surface area contributed by atoms with Gasteiger partial charge >= 0.3 is 6.03 Å². The lowest BCUT2D eigenvalue weighted by Gasteiger charge is -2.10. The molecule has 3 rings (SSSR count). The second-order valence-electron chi connectivity index (χ2n) is 7.33. The van der Waals surface area contributed by atoms with Gasteiger partial charge in [0.05, 0.1) is 6.54 Å². The van der Waals surface area contributed by atoms with Crippen molar-refractivity contribution < 1.29 is 14.3 Å². The molecule has 1 aromatic heterocycles. The SMILES string of the molecule is Cc1cccc(NC(=O)NCC(=O)NCc2ccc(Oc3cc(C)ccc3C)nc2)c1. The molecular formula is C24H26N4O3. The minimum absolute atomic E-state index is 0.126. The van der Waals surface area contributed by atoms with E-state index in [1.165, 1.54) is 0 Å². The maximum absolute atomic E-state index is 12.0. The van der Waals surface area contributed by atoms with Crippen LogP contribution in [0.15, 0.2) is 60.8 Å². The smallest absolute Gasteiger partial charge is 0.319 e. The minimum atomic E-state index is -0.435. The van der Waals surface area contributed by atoms with E-state index in [9.17, 15) is 9.59 Å². The number of aryl methyl sites for hydroxylation is 3. The number of hydrogen-bond donors (Lipinski definition) is 3. The van der Waals surface area contributed by atoms with E-state index in [0.717, 1.165) is 28.0 Å². The normalized spacial score (nSPS) is 10.3. The van der Waals surface area contributed by atoms with Crippen LogP contribution in [0.5, 0.6) is 11.6 Å². The predicted octanol–water partition coefficient (Wildman–Crippen LogP) is 4.24. The second kappa shape index (κ2) is 10.2. The van der Waals surface area contributed by atoms with Gasteiger partial charge in [0.15, 0.2) is 0 Å². The molecule has 160 valence electrons. The molecule has 0 bridgehead atoms. The first kappa shape index (κ1) is 21.8. The highest BCUT2D eigenvalue weighted by Crippen LogP contribution is 2.24. The standard InChI is InChI=1S/C24H26N4O3/c1-16-5-4-6-20(11-16)28-24(30)27-15-22(29)25-13-19-9-10-23(26-14-19)31-21-12-17(2)7-8-18(21)3/h4-12,14H,13,15H2,1-3H3,(H,25,29)(H2,27,28,30). The highest BCUT2D eigenvalue weighted by Gasteiger charge is 2.07. The number of aromatic nitrogens is 1. The summed E-state index contributed by atoms with van der Waals surface area (Å²) >= 11 is 0. The topological polar surface area (TPSA) is 92.4 Å². The summed E-state index contributed by atoms with van der Waals surface area (Å²) in [5, 5.41) is 7.98. The number of rotatable bonds is 7. The third-order valence-electron chi connectivity index (χ3n) is 4.53. The van der Waals surface area contributed by atoms with E-state index in [4.69, 9.17) is 4.74 Å². The Morgan fingerprint density at radius 1 is 0.935 bits per heavy atom. The fourth-order valence-corrected chi connectivity index (χ4v) is 2.83. The molecule has 0 spiro atoms. The lowest BCUT2D eigenvalue weighted by Crippen LogP contribution is -2.38. The van der Waals surface area contributed by atoms with Gasteiger partial charge in [-0.05, 0) is 61.2 Å². The van der Waals surface area contributed by atoms with Crippen LogP contribution in [0.1, 0.15) is 22.3 Å². The van der Waals surface area contributed by atoms with Crippen LogP contribution in [0, 0.1) is 20.8 Å². The van der Waals surface area contributed by atoms with E-state index in [2.05, 4.69) is 20.9 Å².